The van der Waals surface area contributed by atoms with Gasteiger partial charge >= 0.3 is 5.97 Å². The first-order valence-electron chi connectivity index (χ1n) is 30.1. The lowest BCUT2D eigenvalue weighted by Crippen LogP contribution is -2.45. The van der Waals surface area contributed by atoms with E-state index >= 15 is 0 Å². The number of hydrogen-bond acceptors (Lipinski definition) is 5. The molecule has 6 nitrogen and oxygen atoms in total. The fourth-order valence-corrected chi connectivity index (χ4v) is 9.38. The molecule has 0 aromatic rings. The normalized spacial score (nSPS) is 12.7. The Morgan fingerprint density at radius 3 is 1.15 bits per heavy atom. The maximum Gasteiger partial charge on any atom is 0.305 e. The van der Waals surface area contributed by atoms with Crippen molar-refractivity contribution in [2.75, 3.05) is 13.2 Å². The summed E-state index contributed by atoms with van der Waals surface area (Å²) in [5.74, 6) is -0.0290. The Bertz CT molecular complexity index is 1040. The van der Waals surface area contributed by atoms with Crippen molar-refractivity contribution < 1.29 is 24.5 Å². The van der Waals surface area contributed by atoms with E-state index in [2.05, 4.69) is 43.5 Å². The Labute approximate surface area is 418 Å². The van der Waals surface area contributed by atoms with Crippen molar-refractivity contribution >= 4 is 11.9 Å². The van der Waals surface area contributed by atoms with E-state index in [0.29, 0.717) is 25.9 Å². The van der Waals surface area contributed by atoms with Gasteiger partial charge in [0, 0.05) is 12.8 Å². The molecule has 0 aliphatic carbocycles. The second-order valence-electron chi connectivity index (χ2n) is 20.7. The molecule has 0 spiro atoms. The Hall–Kier alpha value is -1.66. The first-order valence-corrected chi connectivity index (χ1v) is 30.1. The zero-order valence-corrected chi connectivity index (χ0v) is 45.1. The van der Waals surface area contributed by atoms with E-state index < -0.39 is 12.1 Å². The summed E-state index contributed by atoms with van der Waals surface area (Å²) in [6.45, 7) is 4.92. The second-order valence-corrected chi connectivity index (χ2v) is 20.7. The zero-order chi connectivity index (χ0) is 48.6. The van der Waals surface area contributed by atoms with Crippen LogP contribution < -0.4 is 5.32 Å². The number of nitrogens with one attached hydrogen (secondary N) is 1. The van der Waals surface area contributed by atoms with Crippen molar-refractivity contribution in [2.45, 2.75) is 341 Å². The predicted octanol–water partition coefficient (Wildman–Crippen LogP) is 18.6. The van der Waals surface area contributed by atoms with E-state index in [0.717, 1.165) is 51.4 Å². The number of amides is 1. The fourth-order valence-electron chi connectivity index (χ4n) is 9.38. The fraction of sp³-hybridized carbons (Fsp3) is 0.902. The van der Waals surface area contributed by atoms with Crippen molar-refractivity contribution in [3.05, 3.63) is 24.3 Å². The van der Waals surface area contributed by atoms with Crippen molar-refractivity contribution in [1.82, 2.24) is 5.32 Å². The number of aliphatic hydroxyl groups excluding tert-OH is 2. The summed E-state index contributed by atoms with van der Waals surface area (Å²) < 4.78 is 5.49. The second kappa shape index (κ2) is 56.9. The standard InChI is InChI=1S/C61H117NO5/c1-3-5-7-9-11-13-14-15-16-17-26-29-32-35-39-43-47-51-55-61(66)67-56-52-48-44-40-36-33-30-27-24-22-20-18-19-21-23-25-28-31-34-38-42-46-50-54-60(65)62-58(57-63)59(64)53-49-45-41-37-12-10-8-6-4-2/h13-14,16-17,58-59,63-64H,3-12,15,18-57H2,1-2H3,(H,62,65)/b14-13-,17-16-. The van der Waals surface area contributed by atoms with Gasteiger partial charge < -0.3 is 20.3 Å². The molecule has 0 heterocycles. The number of rotatable bonds is 56. The molecule has 396 valence electrons. The van der Waals surface area contributed by atoms with Crippen LogP contribution in [0.25, 0.3) is 0 Å². The van der Waals surface area contributed by atoms with E-state index in [4.69, 9.17) is 4.74 Å². The van der Waals surface area contributed by atoms with E-state index in [9.17, 15) is 19.8 Å². The molecule has 0 bridgehead atoms. The quantitative estimate of drug-likeness (QED) is 0.0321. The smallest absolute Gasteiger partial charge is 0.305 e. The van der Waals surface area contributed by atoms with Crippen LogP contribution in [0.4, 0.5) is 0 Å². The number of carbonyl (C=O) groups is 2. The van der Waals surface area contributed by atoms with Crippen LogP contribution in [0.1, 0.15) is 328 Å². The summed E-state index contributed by atoms with van der Waals surface area (Å²) in [4.78, 5) is 24.5. The third kappa shape index (κ3) is 53.5. The third-order valence-corrected chi connectivity index (χ3v) is 14.0. The van der Waals surface area contributed by atoms with Crippen molar-refractivity contribution in [3.8, 4) is 0 Å². The minimum Gasteiger partial charge on any atom is -0.466 e. The largest absolute Gasteiger partial charge is 0.466 e. The molecule has 0 radical (unpaired) electrons. The third-order valence-electron chi connectivity index (χ3n) is 14.0. The summed E-state index contributed by atoms with van der Waals surface area (Å²) >= 11 is 0. The monoisotopic (exact) mass is 944 g/mol. The van der Waals surface area contributed by atoms with Crippen LogP contribution in [0.15, 0.2) is 24.3 Å². The van der Waals surface area contributed by atoms with Crippen LogP contribution in [0.2, 0.25) is 0 Å². The highest BCUT2D eigenvalue weighted by atomic mass is 16.5. The molecule has 2 atom stereocenters. The molecule has 0 saturated carbocycles. The highest BCUT2D eigenvalue weighted by Gasteiger charge is 2.20. The molecule has 0 saturated heterocycles. The molecule has 6 heteroatoms. The van der Waals surface area contributed by atoms with Gasteiger partial charge in [-0.3, -0.25) is 9.59 Å². The minimum atomic E-state index is -0.661. The Kier molecular flexibility index (Phi) is 55.5. The van der Waals surface area contributed by atoms with Gasteiger partial charge in [-0.05, 0) is 57.8 Å². The number of esters is 1. The maximum atomic E-state index is 12.4. The molecule has 0 aromatic heterocycles. The van der Waals surface area contributed by atoms with Gasteiger partial charge in [0.05, 0.1) is 25.4 Å². The average Bonchev–Trinajstić information content (AvgIpc) is 3.33. The molecule has 3 N–H and O–H groups in total. The van der Waals surface area contributed by atoms with Gasteiger partial charge in [-0.25, -0.2) is 0 Å². The summed E-state index contributed by atoms with van der Waals surface area (Å²) in [5, 5.41) is 23.1. The number of aliphatic hydroxyl groups is 2. The lowest BCUT2D eigenvalue weighted by molar-refractivity contribution is -0.143. The molecule has 0 aliphatic rings. The van der Waals surface area contributed by atoms with Gasteiger partial charge in [0.15, 0.2) is 0 Å². The summed E-state index contributed by atoms with van der Waals surface area (Å²) in [6.07, 6.45) is 69.1. The first-order chi connectivity index (χ1) is 33.0. The molecule has 0 aromatic carbocycles. The SMILES string of the molecule is CCCCCC/C=C\C/C=C\CCCCCCCCCC(=O)OCCCCCCCCCCCCCCCCCCCCCCCCCC(=O)NC(CO)C(O)CCCCCCCCCCC. The maximum absolute atomic E-state index is 12.4. The first kappa shape index (κ1) is 65.3. The van der Waals surface area contributed by atoms with Gasteiger partial charge in [-0.2, -0.15) is 0 Å². The lowest BCUT2D eigenvalue weighted by atomic mass is 10.0. The number of unbranched alkanes of at least 4 members (excludes halogenated alkanes) is 41. The van der Waals surface area contributed by atoms with Crippen molar-refractivity contribution in [3.63, 3.8) is 0 Å². The van der Waals surface area contributed by atoms with Crippen molar-refractivity contribution in [1.29, 1.82) is 0 Å². The van der Waals surface area contributed by atoms with Gasteiger partial charge in [0.25, 0.3) is 0 Å². The van der Waals surface area contributed by atoms with Crippen LogP contribution in [0.3, 0.4) is 0 Å². The van der Waals surface area contributed by atoms with Crippen LogP contribution in [0.5, 0.6) is 0 Å². The highest BCUT2D eigenvalue weighted by molar-refractivity contribution is 5.76. The summed E-state index contributed by atoms with van der Waals surface area (Å²) in [7, 11) is 0. The number of hydrogen-bond donors (Lipinski definition) is 3. The van der Waals surface area contributed by atoms with Gasteiger partial charge in [0.2, 0.25) is 5.91 Å². The van der Waals surface area contributed by atoms with Gasteiger partial charge in [0.1, 0.15) is 0 Å². The molecule has 2 unspecified atom stereocenters. The van der Waals surface area contributed by atoms with Crippen molar-refractivity contribution in [2.24, 2.45) is 0 Å². The molecule has 0 aliphatic heterocycles. The number of ether oxygens (including phenoxy) is 1. The summed E-state index contributed by atoms with van der Waals surface area (Å²) in [5.41, 5.74) is 0. The van der Waals surface area contributed by atoms with Gasteiger partial charge in [-0.1, -0.05) is 282 Å². The Balaban J connectivity index is 3.33. The molecule has 67 heavy (non-hydrogen) atoms. The number of carbonyl (C=O) groups excluding carboxylic acids is 2. The average molecular weight is 945 g/mol. The van der Waals surface area contributed by atoms with Crippen LogP contribution in [0, 0.1) is 0 Å². The van der Waals surface area contributed by atoms with E-state index in [1.807, 2.05) is 0 Å². The minimum absolute atomic E-state index is 0.00717. The molecular formula is C61H117NO5. The van der Waals surface area contributed by atoms with Crippen LogP contribution >= 0.6 is 0 Å². The van der Waals surface area contributed by atoms with E-state index in [1.54, 1.807) is 0 Å². The molecular weight excluding hydrogens is 827 g/mol. The Morgan fingerprint density at radius 2 is 0.746 bits per heavy atom. The van der Waals surface area contributed by atoms with E-state index in [1.165, 1.54) is 244 Å². The zero-order valence-electron chi connectivity index (χ0n) is 45.1. The predicted molar refractivity (Wildman–Crippen MR) is 292 cm³/mol. The topological polar surface area (TPSA) is 95.9 Å². The van der Waals surface area contributed by atoms with Crippen LogP contribution in [-0.2, 0) is 14.3 Å². The van der Waals surface area contributed by atoms with E-state index in [-0.39, 0.29) is 18.5 Å². The molecule has 0 fully saturated rings. The Morgan fingerprint density at radius 1 is 0.418 bits per heavy atom. The van der Waals surface area contributed by atoms with Gasteiger partial charge in [-0.15, -0.1) is 0 Å². The number of allylic oxidation sites excluding steroid dienone is 4. The highest BCUT2D eigenvalue weighted by Crippen LogP contribution is 2.18. The lowest BCUT2D eigenvalue weighted by Gasteiger charge is -2.22. The summed E-state index contributed by atoms with van der Waals surface area (Å²) in [6, 6.07) is -0.538. The van der Waals surface area contributed by atoms with Crippen LogP contribution in [-0.4, -0.2) is 47.4 Å². The molecule has 0 rings (SSSR count). The molecule has 1 amide bonds.